The number of hydrogen-bond donors (Lipinski definition) is 3. The molecule has 0 aromatic carbocycles. The summed E-state index contributed by atoms with van der Waals surface area (Å²) in [7, 11) is 0. The number of hydrogen-bond acceptors (Lipinski definition) is 6. The number of carboxylic acids is 1. The number of pyridine rings is 1. The second-order valence-electron chi connectivity index (χ2n) is 14.0. The van der Waals surface area contributed by atoms with Crippen LogP contribution in [0.15, 0.2) is 18.3 Å². The number of carbonyl (C=O) groups is 4. The van der Waals surface area contributed by atoms with Crippen LogP contribution in [0.5, 0.6) is 0 Å². The highest BCUT2D eigenvalue weighted by atomic mass is 35.5. The van der Waals surface area contributed by atoms with Gasteiger partial charge in [0.15, 0.2) is 5.69 Å². The summed E-state index contributed by atoms with van der Waals surface area (Å²) in [5.41, 5.74) is -0.203. The molecule has 3 N–H and O–H groups in total. The fourth-order valence-electron chi connectivity index (χ4n) is 7.64. The number of anilines is 1. The van der Waals surface area contributed by atoms with Crippen molar-refractivity contribution in [2.45, 2.75) is 103 Å². The topological polar surface area (TPSA) is 142 Å². The van der Waals surface area contributed by atoms with Gasteiger partial charge in [0.1, 0.15) is 29.1 Å². The van der Waals surface area contributed by atoms with Gasteiger partial charge >= 0.3 is 12.1 Å². The molecule has 2 aromatic rings. The molecule has 13 heteroatoms. The summed E-state index contributed by atoms with van der Waals surface area (Å²) >= 11 is 6.26. The summed E-state index contributed by atoms with van der Waals surface area (Å²) in [6, 6.07) is 1.92. The highest BCUT2D eigenvalue weighted by Crippen LogP contribution is 2.41. The molecule has 2 aromatic heterocycles. The molecular formula is C33H45ClFN5O6. The molecule has 3 fully saturated rings. The third-order valence-electron chi connectivity index (χ3n) is 9.84. The van der Waals surface area contributed by atoms with Crippen molar-refractivity contribution in [2.75, 3.05) is 18.5 Å². The zero-order valence-corrected chi connectivity index (χ0v) is 27.5. The van der Waals surface area contributed by atoms with Crippen molar-refractivity contribution in [3.8, 4) is 0 Å². The lowest BCUT2D eigenvalue weighted by Gasteiger charge is -2.37. The van der Waals surface area contributed by atoms with Crippen LogP contribution in [-0.2, 0) is 14.3 Å². The fourth-order valence-corrected chi connectivity index (χ4v) is 7.90. The van der Waals surface area contributed by atoms with Gasteiger partial charge in [-0.05, 0) is 82.8 Å². The zero-order valence-electron chi connectivity index (χ0n) is 26.8. The van der Waals surface area contributed by atoms with Gasteiger partial charge in [-0.1, -0.05) is 43.7 Å². The van der Waals surface area contributed by atoms with Gasteiger partial charge in [0, 0.05) is 18.7 Å². The standard InChI is InChI=1S/C33H45ClFN5O6/c1-33(2,3)46-32(45)37-24(17-35)20-9-11-21(12-10-20)30(42)39-16-15-23(19-7-5-4-6-8-19)27(39)29(41)36-22-13-14-25-38-26(31(43)44)28(34)40(25)18-22/h13-14,18-21,23-24,27H,4-12,15-17H2,1-3H3,(H,36,41)(H,37,45)(H,43,44)/t20-,21-,23-,24+,27-/m0/s1. The van der Waals surface area contributed by atoms with Gasteiger partial charge in [-0.2, -0.15) is 0 Å². The number of aromatic carboxylic acids is 1. The number of nitrogens with one attached hydrogen (secondary N) is 2. The predicted octanol–water partition coefficient (Wildman–Crippen LogP) is 6.09. The largest absolute Gasteiger partial charge is 0.476 e. The molecule has 2 saturated carbocycles. The second kappa shape index (κ2) is 14.1. The predicted molar refractivity (Wildman–Crippen MR) is 171 cm³/mol. The number of alkyl carbamates (subject to hydrolysis) is 1. The number of halogens is 2. The summed E-state index contributed by atoms with van der Waals surface area (Å²) in [6.45, 7) is 5.04. The maximum absolute atomic E-state index is 14.1. The average molecular weight is 662 g/mol. The van der Waals surface area contributed by atoms with Gasteiger partial charge in [-0.15, -0.1) is 0 Å². The average Bonchev–Trinajstić information content (AvgIpc) is 3.61. The van der Waals surface area contributed by atoms with Crippen LogP contribution in [-0.4, -0.2) is 74.2 Å². The number of rotatable bonds is 8. The van der Waals surface area contributed by atoms with Crippen molar-refractivity contribution < 1.29 is 33.4 Å². The molecule has 0 radical (unpaired) electrons. The second-order valence-corrected chi connectivity index (χ2v) is 14.4. The molecule has 3 heterocycles. The van der Waals surface area contributed by atoms with Crippen molar-refractivity contribution in [1.29, 1.82) is 0 Å². The Kier molecular flexibility index (Phi) is 10.4. The number of fused-ring (bicyclic) bond motifs is 1. The Balaban J connectivity index is 1.29. The molecule has 2 aliphatic carbocycles. The van der Waals surface area contributed by atoms with Crippen LogP contribution in [0.3, 0.4) is 0 Å². The molecule has 5 rings (SSSR count). The number of amides is 3. The Morgan fingerprint density at radius 1 is 1.07 bits per heavy atom. The van der Waals surface area contributed by atoms with Gasteiger partial charge in [0.05, 0.1) is 11.7 Å². The Hall–Kier alpha value is -3.41. The molecule has 0 spiro atoms. The van der Waals surface area contributed by atoms with Crippen molar-refractivity contribution in [2.24, 2.45) is 23.7 Å². The van der Waals surface area contributed by atoms with Crippen molar-refractivity contribution in [3.63, 3.8) is 0 Å². The Bertz CT molecular complexity index is 1450. The minimum atomic E-state index is -1.25. The molecule has 11 nitrogen and oxygen atoms in total. The number of ether oxygens (including phenoxy) is 1. The van der Waals surface area contributed by atoms with E-state index in [0.29, 0.717) is 49.5 Å². The van der Waals surface area contributed by atoms with E-state index in [4.69, 9.17) is 16.3 Å². The lowest BCUT2D eigenvalue weighted by Crippen LogP contribution is -2.50. The first-order valence-corrected chi connectivity index (χ1v) is 16.8. The number of carbonyl (C=O) groups excluding carboxylic acids is 3. The number of aromatic nitrogens is 2. The van der Waals surface area contributed by atoms with E-state index < -0.39 is 36.4 Å². The third-order valence-corrected chi connectivity index (χ3v) is 10.2. The van der Waals surface area contributed by atoms with Gasteiger partial charge in [0.25, 0.3) is 0 Å². The van der Waals surface area contributed by atoms with E-state index in [1.807, 2.05) is 0 Å². The summed E-state index contributed by atoms with van der Waals surface area (Å²) in [4.78, 5) is 57.7. The molecule has 1 aliphatic heterocycles. The monoisotopic (exact) mass is 661 g/mol. The first-order valence-electron chi connectivity index (χ1n) is 16.4. The van der Waals surface area contributed by atoms with E-state index in [2.05, 4.69) is 15.6 Å². The van der Waals surface area contributed by atoms with Gasteiger partial charge in [-0.25, -0.2) is 19.0 Å². The Morgan fingerprint density at radius 2 is 1.76 bits per heavy atom. The molecule has 3 atom stereocenters. The maximum Gasteiger partial charge on any atom is 0.407 e. The number of carboxylic acid groups (broad SMARTS) is 1. The lowest BCUT2D eigenvalue weighted by molar-refractivity contribution is -0.142. The lowest BCUT2D eigenvalue weighted by atomic mass is 9.76. The van der Waals surface area contributed by atoms with Crippen LogP contribution >= 0.6 is 11.6 Å². The number of nitrogens with zero attached hydrogens (tertiary/aromatic N) is 3. The molecular weight excluding hydrogens is 617 g/mol. The Morgan fingerprint density at radius 3 is 2.39 bits per heavy atom. The minimum Gasteiger partial charge on any atom is -0.476 e. The van der Waals surface area contributed by atoms with E-state index in [1.165, 1.54) is 10.8 Å². The molecule has 0 unspecified atom stereocenters. The SMILES string of the molecule is CC(C)(C)OC(=O)N[C@H](CF)[C@H]1CC[C@H](C(=O)N2CC[C@@H](C3CCCCC3)[C@H]2C(=O)Nc2ccc3nc(C(=O)O)c(Cl)n3c2)CC1. The van der Waals surface area contributed by atoms with E-state index in [1.54, 1.807) is 44.0 Å². The van der Waals surface area contributed by atoms with Gasteiger partial charge in [-0.3, -0.25) is 14.0 Å². The van der Waals surface area contributed by atoms with Crippen LogP contribution < -0.4 is 10.6 Å². The van der Waals surface area contributed by atoms with Crippen LogP contribution in [0.2, 0.25) is 5.15 Å². The number of imidazole rings is 1. The number of alkyl halides is 1. The maximum atomic E-state index is 14.1. The molecule has 3 aliphatic rings. The molecule has 252 valence electrons. The molecule has 3 amide bonds. The third kappa shape index (κ3) is 7.58. The van der Waals surface area contributed by atoms with E-state index >= 15 is 0 Å². The van der Waals surface area contributed by atoms with Gasteiger partial charge in [0.2, 0.25) is 11.8 Å². The van der Waals surface area contributed by atoms with Crippen LogP contribution in [0.4, 0.5) is 14.9 Å². The summed E-state index contributed by atoms with van der Waals surface area (Å²) < 4.78 is 20.7. The summed E-state index contributed by atoms with van der Waals surface area (Å²) in [5.74, 6) is -1.58. The minimum absolute atomic E-state index is 0.0358. The van der Waals surface area contributed by atoms with Crippen LogP contribution in [0, 0.1) is 23.7 Å². The first kappa shape index (κ1) is 33.9. The Labute approximate surface area is 273 Å². The fraction of sp³-hybridized carbons (Fsp3) is 0.667. The molecule has 46 heavy (non-hydrogen) atoms. The summed E-state index contributed by atoms with van der Waals surface area (Å²) in [5, 5.41) is 15.0. The molecule has 0 bridgehead atoms. The smallest absolute Gasteiger partial charge is 0.407 e. The van der Waals surface area contributed by atoms with Crippen LogP contribution in [0.25, 0.3) is 5.65 Å². The quantitative estimate of drug-likeness (QED) is 0.311. The van der Waals surface area contributed by atoms with Gasteiger partial charge < -0.3 is 25.4 Å². The summed E-state index contributed by atoms with van der Waals surface area (Å²) in [6.07, 6.45) is 9.39. The highest BCUT2D eigenvalue weighted by molar-refractivity contribution is 6.32. The first-order chi connectivity index (χ1) is 21.9. The van der Waals surface area contributed by atoms with E-state index in [9.17, 15) is 28.7 Å². The van der Waals surface area contributed by atoms with Crippen molar-refractivity contribution >= 4 is 46.8 Å². The number of likely N-dealkylation sites (tertiary alicyclic amines) is 1. The van der Waals surface area contributed by atoms with Crippen LogP contribution in [0.1, 0.15) is 95.5 Å². The van der Waals surface area contributed by atoms with Crippen molar-refractivity contribution in [1.82, 2.24) is 19.6 Å². The van der Waals surface area contributed by atoms with E-state index in [-0.39, 0.29) is 40.4 Å². The zero-order chi connectivity index (χ0) is 33.2. The normalized spacial score (nSPS) is 24.8. The van der Waals surface area contributed by atoms with E-state index in [0.717, 1.165) is 32.1 Å². The highest BCUT2D eigenvalue weighted by Gasteiger charge is 2.47. The van der Waals surface area contributed by atoms with Crippen molar-refractivity contribution in [3.05, 3.63) is 29.2 Å². The molecule has 1 saturated heterocycles.